The molecule has 0 aliphatic carbocycles. The van der Waals surface area contributed by atoms with E-state index in [1.807, 2.05) is 6.07 Å². The standard InChI is InChI=1S/C16H11N5O3/c17-6-9-12(10-7-21-5-1-4-19-16(21)20-10)8-2-3-11(22)13(23)14(8)24-15(9)18/h1-5,7,12,22-23H,18H2. The lowest BCUT2D eigenvalue weighted by atomic mass is 9.86. The van der Waals surface area contributed by atoms with Crippen LogP contribution < -0.4 is 10.5 Å². The van der Waals surface area contributed by atoms with Gasteiger partial charge in [0.2, 0.25) is 17.4 Å². The van der Waals surface area contributed by atoms with Gasteiger partial charge >= 0.3 is 0 Å². The first-order valence-corrected chi connectivity index (χ1v) is 7.02. The Kier molecular flexibility index (Phi) is 2.83. The van der Waals surface area contributed by atoms with Crippen LogP contribution >= 0.6 is 0 Å². The summed E-state index contributed by atoms with van der Waals surface area (Å²) < 4.78 is 7.07. The molecule has 2 aromatic heterocycles. The number of phenols is 2. The number of nitrogens with two attached hydrogens (primary N) is 1. The summed E-state index contributed by atoms with van der Waals surface area (Å²) >= 11 is 0. The van der Waals surface area contributed by atoms with Crippen LogP contribution in [0.4, 0.5) is 0 Å². The molecule has 3 heterocycles. The Bertz CT molecular complexity index is 1010. The summed E-state index contributed by atoms with van der Waals surface area (Å²) in [6.45, 7) is 0. The van der Waals surface area contributed by atoms with Crippen LogP contribution in [0.3, 0.4) is 0 Å². The van der Waals surface area contributed by atoms with Gasteiger partial charge in [0.1, 0.15) is 11.6 Å². The minimum Gasteiger partial charge on any atom is -0.504 e. The fraction of sp³-hybridized carbons (Fsp3) is 0.0625. The highest BCUT2D eigenvalue weighted by Gasteiger charge is 2.34. The van der Waals surface area contributed by atoms with Gasteiger partial charge in [0, 0.05) is 24.2 Å². The lowest BCUT2D eigenvalue weighted by Gasteiger charge is -2.25. The van der Waals surface area contributed by atoms with E-state index in [1.165, 1.54) is 6.07 Å². The van der Waals surface area contributed by atoms with Crippen molar-refractivity contribution in [3.8, 4) is 23.3 Å². The fourth-order valence-electron chi connectivity index (χ4n) is 2.79. The van der Waals surface area contributed by atoms with Crippen molar-refractivity contribution in [3.63, 3.8) is 0 Å². The molecule has 1 aliphatic heterocycles. The smallest absolute Gasteiger partial charge is 0.233 e. The van der Waals surface area contributed by atoms with Gasteiger partial charge in [-0.25, -0.2) is 9.97 Å². The van der Waals surface area contributed by atoms with Gasteiger partial charge in [0.15, 0.2) is 11.5 Å². The highest BCUT2D eigenvalue weighted by Crippen LogP contribution is 2.48. The number of nitrogens with zero attached hydrogens (tertiary/aromatic N) is 4. The van der Waals surface area contributed by atoms with Crippen molar-refractivity contribution in [1.82, 2.24) is 14.4 Å². The van der Waals surface area contributed by atoms with Gasteiger partial charge in [0.25, 0.3) is 0 Å². The van der Waals surface area contributed by atoms with Crippen LogP contribution in [-0.2, 0) is 0 Å². The third kappa shape index (κ3) is 1.85. The minimum absolute atomic E-state index is 0.0153. The molecule has 8 nitrogen and oxygen atoms in total. The normalized spacial score (nSPS) is 16.5. The zero-order valence-electron chi connectivity index (χ0n) is 12.2. The fourth-order valence-corrected chi connectivity index (χ4v) is 2.79. The third-order valence-corrected chi connectivity index (χ3v) is 3.89. The average molecular weight is 321 g/mol. The van der Waals surface area contributed by atoms with E-state index in [9.17, 15) is 15.5 Å². The zero-order chi connectivity index (χ0) is 16.8. The van der Waals surface area contributed by atoms with E-state index in [0.717, 1.165) is 0 Å². The quantitative estimate of drug-likeness (QED) is 0.577. The molecule has 1 aliphatic rings. The second kappa shape index (κ2) is 4.89. The van der Waals surface area contributed by atoms with Crippen LogP contribution in [0.15, 0.2) is 48.2 Å². The van der Waals surface area contributed by atoms with Crippen LogP contribution in [0.5, 0.6) is 17.2 Å². The molecule has 118 valence electrons. The zero-order valence-corrected chi connectivity index (χ0v) is 12.2. The van der Waals surface area contributed by atoms with E-state index in [0.29, 0.717) is 17.0 Å². The van der Waals surface area contributed by atoms with E-state index in [4.69, 9.17) is 10.5 Å². The molecule has 4 N–H and O–H groups in total. The molecule has 1 unspecified atom stereocenters. The molecule has 1 atom stereocenters. The van der Waals surface area contributed by atoms with E-state index in [1.54, 1.807) is 35.1 Å². The highest BCUT2D eigenvalue weighted by atomic mass is 16.5. The van der Waals surface area contributed by atoms with E-state index < -0.39 is 11.7 Å². The lowest BCUT2D eigenvalue weighted by Crippen LogP contribution is -2.21. The second-order valence-electron chi connectivity index (χ2n) is 5.27. The van der Waals surface area contributed by atoms with Crippen molar-refractivity contribution in [1.29, 1.82) is 5.26 Å². The number of ether oxygens (including phenoxy) is 1. The number of phenolic OH excluding ortho intramolecular Hbond substituents is 2. The van der Waals surface area contributed by atoms with Gasteiger partial charge in [-0.15, -0.1) is 0 Å². The van der Waals surface area contributed by atoms with Gasteiger partial charge < -0.3 is 20.7 Å². The maximum absolute atomic E-state index is 10.1. The molecule has 0 radical (unpaired) electrons. The Hall–Kier alpha value is -3.73. The van der Waals surface area contributed by atoms with E-state index in [-0.39, 0.29) is 23.0 Å². The summed E-state index contributed by atoms with van der Waals surface area (Å²) in [4.78, 5) is 8.59. The number of benzene rings is 1. The molecule has 0 saturated carbocycles. The monoisotopic (exact) mass is 321 g/mol. The first-order chi connectivity index (χ1) is 11.6. The highest BCUT2D eigenvalue weighted by molar-refractivity contribution is 5.62. The van der Waals surface area contributed by atoms with Crippen molar-refractivity contribution in [2.24, 2.45) is 5.73 Å². The molecular formula is C16H11N5O3. The summed E-state index contributed by atoms with van der Waals surface area (Å²) in [5, 5.41) is 29.2. The lowest BCUT2D eigenvalue weighted by molar-refractivity contribution is 0.340. The molecule has 3 aromatic rings. The van der Waals surface area contributed by atoms with E-state index >= 15 is 0 Å². The first kappa shape index (κ1) is 13.9. The molecule has 1 aromatic carbocycles. The van der Waals surface area contributed by atoms with Gasteiger partial charge in [-0.05, 0) is 12.1 Å². The van der Waals surface area contributed by atoms with Crippen LogP contribution in [0, 0.1) is 11.3 Å². The molecule has 0 saturated heterocycles. The van der Waals surface area contributed by atoms with Crippen LogP contribution in [-0.4, -0.2) is 24.6 Å². The van der Waals surface area contributed by atoms with Crippen LogP contribution in [0.25, 0.3) is 5.78 Å². The number of hydrogen-bond donors (Lipinski definition) is 3. The van der Waals surface area contributed by atoms with Crippen molar-refractivity contribution in [2.45, 2.75) is 5.92 Å². The number of allylic oxidation sites excluding steroid dienone is 1. The molecule has 0 amide bonds. The maximum atomic E-state index is 10.1. The largest absolute Gasteiger partial charge is 0.504 e. The number of imidazole rings is 1. The summed E-state index contributed by atoms with van der Waals surface area (Å²) in [7, 11) is 0. The minimum atomic E-state index is -0.632. The Morgan fingerprint density at radius 1 is 1.33 bits per heavy atom. The Morgan fingerprint density at radius 3 is 2.92 bits per heavy atom. The number of aromatic hydroxyl groups is 2. The van der Waals surface area contributed by atoms with Crippen molar-refractivity contribution in [3.05, 3.63) is 59.5 Å². The molecule has 0 fully saturated rings. The number of nitriles is 1. The molecule has 8 heteroatoms. The summed E-state index contributed by atoms with van der Waals surface area (Å²) in [6, 6.07) is 6.69. The van der Waals surface area contributed by atoms with Crippen molar-refractivity contribution in [2.75, 3.05) is 0 Å². The predicted molar refractivity (Wildman–Crippen MR) is 82.1 cm³/mol. The van der Waals surface area contributed by atoms with Gasteiger partial charge in [-0.1, -0.05) is 6.07 Å². The van der Waals surface area contributed by atoms with Gasteiger partial charge in [-0.2, -0.15) is 5.26 Å². The predicted octanol–water partition coefficient (Wildman–Crippen LogP) is 1.36. The number of rotatable bonds is 1. The molecule has 24 heavy (non-hydrogen) atoms. The molecular weight excluding hydrogens is 310 g/mol. The number of hydrogen-bond acceptors (Lipinski definition) is 7. The van der Waals surface area contributed by atoms with Gasteiger partial charge in [-0.3, -0.25) is 4.40 Å². The summed E-state index contributed by atoms with van der Waals surface area (Å²) in [6.07, 6.45) is 5.13. The topological polar surface area (TPSA) is 130 Å². The van der Waals surface area contributed by atoms with Gasteiger partial charge in [0.05, 0.1) is 11.6 Å². The maximum Gasteiger partial charge on any atom is 0.233 e. The average Bonchev–Trinajstić information content (AvgIpc) is 3.01. The number of fused-ring (bicyclic) bond motifs is 2. The molecule has 0 spiro atoms. The Balaban J connectivity index is 1.99. The molecule has 0 bridgehead atoms. The third-order valence-electron chi connectivity index (χ3n) is 3.89. The van der Waals surface area contributed by atoms with Crippen molar-refractivity contribution < 1.29 is 14.9 Å². The molecule has 4 rings (SSSR count). The Morgan fingerprint density at radius 2 is 2.17 bits per heavy atom. The first-order valence-electron chi connectivity index (χ1n) is 7.02. The summed E-state index contributed by atoms with van der Waals surface area (Å²) in [5.74, 6) is -1.05. The van der Waals surface area contributed by atoms with Crippen LogP contribution in [0.1, 0.15) is 17.2 Å². The van der Waals surface area contributed by atoms with Crippen molar-refractivity contribution >= 4 is 5.78 Å². The SMILES string of the molecule is N#CC1=C(N)Oc2c(ccc(O)c2O)C1c1cn2cccnc2n1. The van der Waals surface area contributed by atoms with E-state index in [2.05, 4.69) is 9.97 Å². The number of aromatic nitrogens is 3. The second-order valence-corrected chi connectivity index (χ2v) is 5.27. The summed E-state index contributed by atoms with van der Waals surface area (Å²) in [5.41, 5.74) is 7.03. The van der Waals surface area contributed by atoms with Crippen LogP contribution in [0.2, 0.25) is 0 Å². The Labute approximate surface area is 135 Å².